The molecule has 1 saturated heterocycles. The van der Waals surface area contributed by atoms with Crippen molar-refractivity contribution in [3.63, 3.8) is 0 Å². The van der Waals surface area contributed by atoms with E-state index in [-0.39, 0.29) is 18.1 Å². The van der Waals surface area contributed by atoms with E-state index in [1.807, 2.05) is 6.92 Å². The third-order valence-electron chi connectivity index (χ3n) is 4.08. The van der Waals surface area contributed by atoms with Gasteiger partial charge in [0.25, 0.3) is 0 Å². The summed E-state index contributed by atoms with van der Waals surface area (Å²) in [5, 5.41) is 11.8. The van der Waals surface area contributed by atoms with Crippen LogP contribution in [0.2, 0.25) is 0 Å². The lowest BCUT2D eigenvalue weighted by atomic mass is 9.84. The molecule has 0 radical (unpaired) electrons. The summed E-state index contributed by atoms with van der Waals surface area (Å²) >= 11 is 0. The molecular formula is C15H19FN2O3. The van der Waals surface area contributed by atoms with Crippen LogP contribution in [0.1, 0.15) is 19.8 Å². The Bertz CT molecular complexity index is 549. The molecule has 0 saturated carbocycles. The zero-order chi connectivity index (χ0) is 15.5. The lowest BCUT2D eigenvalue weighted by molar-refractivity contribution is -0.148. The Hall–Kier alpha value is -1.95. The first-order valence-electron chi connectivity index (χ1n) is 6.97. The van der Waals surface area contributed by atoms with Crippen molar-refractivity contribution in [1.29, 1.82) is 0 Å². The normalized spacial score (nSPS) is 22.2. The minimum atomic E-state index is -0.818. The van der Waals surface area contributed by atoms with Gasteiger partial charge in [-0.2, -0.15) is 0 Å². The average Bonchev–Trinajstić information content (AvgIpc) is 2.86. The molecule has 1 amide bonds. The molecule has 2 rings (SSSR count). The monoisotopic (exact) mass is 294 g/mol. The number of likely N-dealkylation sites (tertiary alicyclic amines) is 1. The Balaban J connectivity index is 1.93. The van der Waals surface area contributed by atoms with Crippen LogP contribution in [-0.2, 0) is 9.59 Å². The molecule has 1 atom stereocenters. The van der Waals surface area contributed by atoms with Gasteiger partial charge in [0.2, 0.25) is 5.91 Å². The molecule has 1 unspecified atom stereocenters. The zero-order valence-corrected chi connectivity index (χ0v) is 11.9. The minimum absolute atomic E-state index is 0.0728. The predicted molar refractivity (Wildman–Crippen MR) is 76.4 cm³/mol. The van der Waals surface area contributed by atoms with Crippen molar-refractivity contribution in [3.8, 4) is 0 Å². The number of carbonyl (C=O) groups excluding carboxylic acids is 1. The van der Waals surface area contributed by atoms with Crippen LogP contribution in [0, 0.1) is 11.2 Å². The number of anilines is 1. The van der Waals surface area contributed by atoms with Gasteiger partial charge in [0.1, 0.15) is 5.82 Å². The molecule has 0 bridgehead atoms. The number of benzene rings is 1. The number of halogens is 1. The fraction of sp³-hybridized carbons (Fsp3) is 0.467. The summed E-state index contributed by atoms with van der Waals surface area (Å²) in [6.07, 6.45) is 1.07. The van der Waals surface area contributed by atoms with Gasteiger partial charge in [-0.15, -0.1) is 0 Å². The van der Waals surface area contributed by atoms with Crippen molar-refractivity contribution < 1.29 is 19.1 Å². The van der Waals surface area contributed by atoms with Crippen LogP contribution in [0.15, 0.2) is 24.3 Å². The molecule has 5 nitrogen and oxygen atoms in total. The van der Waals surface area contributed by atoms with Crippen LogP contribution in [0.5, 0.6) is 0 Å². The lowest BCUT2D eigenvalue weighted by Crippen LogP contribution is -2.37. The fourth-order valence-electron chi connectivity index (χ4n) is 2.66. The first kappa shape index (κ1) is 15.4. The number of para-hydroxylation sites is 1. The molecule has 1 fully saturated rings. The number of nitrogens with one attached hydrogen (secondary N) is 1. The van der Waals surface area contributed by atoms with Crippen molar-refractivity contribution in [2.45, 2.75) is 19.8 Å². The van der Waals surface area contributed by atoms with Crippen LogP contribution in [0.25, 0.3) is 0 Å². The highest BCUT2D eigenvalue weighted by Crippen LogP contribution is 2.33. The highest BCUT2D eigenvalue weighted by Gasteiger charge is 2.43. The molecule has 0 aromatic heterocycles. The number of rotatable bonds is 5. The highest BCUT2D eigenvalue weighted by atomic mass is 19.1. The summed E-state index contributed by atoms with van der Waals surface area (Å²) in [7, 11) is 0. The molecule has 1 aromatic rings. The van der Waals surface area contributed by atoms with Crippen LogP contribution >= 0.6 is 0 Å². The molecule has 1 aliphatic rings. The number of hydrogen-bond donors (Lipinski definition) is 2. The molecule has 0 aliphatic carbocycles. The maximum absolute atomic E-state index is 13.4. The van der Waals surface area contributed by atoms with E-state index < -0.39 is 17.2 Å². The van der Waals surface area contributed by atoms with E-state index in [9.17, 15) is 19.1 Å². The number of nitrogens with zero attached hydrogens (tertiary/aromatic N) is 1. The van der Waals surface area contributed by atoms with Gasteiger partial charge in [-0.25, -0.2) is 4.39 Å². The van der Waals surface area contributed by atoms with Crippen molar-refractivity contribution in [2.24, 2.45) is 5.41 Å². The van der Waals surface area contributed by atoms with E-state index in [0.717, 1.165) is 0 Å². The second kappa shape index (κ2) is 6.22. The Kier molecular flexibility index (Phi) is 4.57. The van der Waals surface area contributed by atoms with Crippen LogP contribution in [-0.4, -0.2) is 41.5 Å². The van der Waals surface area contributed by atoms with Crippen molar-refractivity contribution in [1.82, 2.24) is 4.90 Å². The van der Waals surface area contributed by atoms with E-state index >= 15 is 0 Å². The molecule has 2 N–H and O–H groups in total. The standard InChI is InChI=1S/C15H19FN2O3/c1-2-15(14(20)21)7-8-18(10-15)9-13(19)17-12-6-4-3-5-11(12)16/h3-6H,2,7-10H2,1H3,(H,17,19)(H,20,21). The summed E-state index contributed by atoms with van der Waals surface area (Å²) in [5.41, 5.74) is -0.625. The number of amides is 1. The van der Waals surface area contributed by atoms with E-state index in [4.69, 9.17) is 0 Å². The largest absolute Gasteiger partial charge is 0.481 e. The first-order chi connectivity index (χ1) is 9.97. The first-order valence-corrected chi connectivity index (χ1v) is 6.97. The fourth-order valence-corrected chi connectivity index (χ4v) is 2.66. The molecule has 1 heterocycles. The van der Waals surface area contributed by atoms with Gasteiger partial charge in [-0.1, -0.05) is 19.1 Å². The molecule has 1 aliphatic heterocycles. The summed E-state index contributed by atoms with van der Waals surface area (Å²) in [4.78, 5) is 25.1. The number of carboxylic acids is 1. The lowest BCUT2D eigenvalue weighted by Gasteiger charge is -2.22. The number of carboxylic acid groups (broad SMARTS) is 1. The van der Waals surface area contributed by atoms with E-state index in [2.05, 4.69) is 5.32 Å². The van der Waals surface area contributed by atoms with Gasteiger partial charge in [0.15, 0.2) is 0 Å². The molecular weight excluding hydrogens is 275 g/mol. The third kappa shape index (κ3) is 3.39. The quantitative estimate of drug-likeness (QED) is 0.871. The number of hydrogen-bond acceptors (Lipinski definition) is 3. The van der Waals surface area contributed by atoms with Gasteiger partial charge in [-0.05, 0) is 31.5 Å². The summed E-state index contributed by atoms with van der Waals surface area (Å²) in [6, 6.07) is 5.96. The molecule has 0 spiro atoms. The maximum Gasteiger partial charge on any atom is 0.310 e. The zero-order valence-electron chi connectivity index (χ0n) is 11.9. The Morgan fingerprint density at radius 3 is 2.71 bits per heavy atom. The van der Waals surface area contributed by atoms with Crippen molar-refractivity contribution in [3.05, 3.63) is 30.1 Å². The van der Waals surface area contributed by atoms with Crippen molar-refractivity contribution >= 4 is 17.6 Å². The van der Waals surface area contributed by atoms with E-state index in [0.29, 0.717) is 25.9 Å². The SMILES string of the molecule is CCC1(C(=O)O)CCN(CC(=O)Nc2ccccc2F)C1. The molecule has 21 heavy (non-hydrogen) atoms. The summed E-state index contributed by atoms with van der Waals surface area (Å²) in [5.74, 6) is -1.64. The molecule has 114 valence electrons. The topological polar surface area (TPSA) is 69.6 Å². The third-order valence-corrected chi connectivity index (χ3v) is 4.08. The van der Waals surface area contributed by atoms with Gasteiger partial charge < -0.3 is 10.4 Å². The second-order valence-corrected chi connectivity index (χ2v) is 5.43. The maximum atomic E-state index is 13.4. The minimum Gasteiger partial charge on any atom is -0.481 e. The number of carbonyl (C=O) groups is 2. The summed E-state index contributed by atoms with van der Waals surface area (Å²) < 4.78 is 13.4. The van der Waals surface area contributed by atoms with Gasteiger partial charge >= 0.3 is 5.97 Å². The molecule has 1 aromatic carbocycles. The van der Waals surface area contributed by atoms with Crippen LogP contribution in [0.4, 0.5) is 10.1 Å². The average molecular weight is 294 g/mol. The van der Waals surface area contributed by atoms with Crippen LogP contribution in [0.3, 0.4) is 0 Å². The van der Waals surface area contributed by atoms with Gasteiger partial charge in [-0.3, -0.25) is 14.5 Å². The summed E-state index contributed by atoms with van der Waals surface area (Å²) in [6.45, 7) is 2.83. The van der Waals surface area contributed by atoms with Gasteiger partial charge in [0, 0.05) is 6.54 Å². The van der Waals surface area contributed by atoms with E-state index in [1.165, 1.54) is 12.1 Å². The Morgan fingerprint density at radius 1 is 1.43 bits per heavy atom. The Morgan fingerprint density at radius 2 is 2.14 bits per heavy atom. The van der Waals surface area contributed by atoms with Crippen molar-refractivity contribution in [2.75, 3.05) is 25.0 Å². The second-order valence-electron chi connectivity index (χ2n) is 5.43. The van der Waals surface area contributed by atoms with Gasteiger partial charge in [0.05, 0.1) is 17.6 Å². The van der Waals surface area contributed by atoms with E-state index in [1.54, 1.807) is 17.0 Å². The predicted octanol–water partition coefficient (Wildman–Crippen LogP) is 1.95. The number of aliphatic carboxylic acids is 1. The van der Waals surface area contributed by atoms with Crippen LogP contribution < -0.4 is 5.32 Å². The Labute approximate surface area is 122 Å². The molecule has 6 heteroatoms. The smallest absolute Gasteiger partial charge is 0.310 e. The highest BCUT2D eigenvalue weighted by molar-refractivity contribution is 5.92.